The van der Waals surface area contributed by atoms with Crippen molar-refractivity contribution >= 4 is 27.5 Å². The summed E-state index contributed by atoms with van der Waals surface area (Å²) in [6.07, 6.45) is 6.63. The topological polar surface area (TPSA) is 69.7 Å². The maximum Gasteiger partial charge on any atom is 0.243 e. The summed E-state index contributed by atoms with van der Waals surface area (Å²) in [5, 5.41) is 2.47. The first-order chi connectivity index (χ1) is 13.4. The minimum Gasteiger partial charge on any atom is -0.289 e. The fraction of sp³-hybridized carbons (Fsp3) is 0.650. The number of benzene rings is 1. The first kappa shape index (κ1) is 21.6. The number of hydrogen-bond acceptors (Lipinski definition) is 4. The molecule has 156 valence electrons. The van der Waals surface area contributed by atoms with E-state index in [2.05, 4.69) is 5.43 Å². The van der Waals surface area contributed by atoms with E-state index in [0.717, 1.165) is 38.8 Å². The zero-order valence-corrected chi connectivity index (χ0v) is 18.1. The molecule has 1 amide bonds. The number of carbonyl (C=O) groups is 1. The van der Waals surface area contributed by atoms with E-state index in [-0.39, 0.29) is 16.7 Å². The molecule has 2 aliphatic heterocycles. The van der Waals surface area contributed by atoms with E-state index in [0.29, 0.717) is 30.1 Å². The van der Waals surface area contributed by atoms with Crippen molar-refractivity contribution < 1.29 is 13.2 Å². The maximum atomic E-state index is 13.1. The second-order valence-corrected chi connectivity index (χ2v) is 10.2. The summed E-state index contributed by atoms with van der Waals surface area (Å²) in [6.45, 7) is 4.38. The zero-order chi connectivity index (χ0) is 20.1. The molecule has 1 aromatic carbocycles. The van der Waals surface area contributed by atoms with Crippen LogP contribution in [0.25, 0.3) is 0 Å². The van der Waals surface area contributed by atoms with Gasteiger partial charge in [-0.2, -0.15) is 4.31 Å². The number of nitrogens with one attached hydrogen (secondary N) is 1. The highest BCUT2D eigenvalue weighted by Crippen LogP contribution is 2.29. The number of amides is 1. The van der Waals surface area contributed by atoms with Gasteiger partial charge in [0.25, 0.3) is 0 Å². The minimum atomic E-state index is -3.61. The molecule has 0 saturated carbocycles. The van der Waals surface area contributed by atoms with Crippen LogP contribution in [0.2, 0.25) is 5.02 Å². The fourth-order valence-electron chi connectivity index (χ4n) is 4.08. The lowest BCUT2D eigenvalue weighted by Crippen LogP contribution is -2.45. The Bertz CT molecular complexity index is 792. The molecule has 2 aliphatic rings. The largest absolute Gasteiger partial charge is 0.289 e. The van der Waals surface area contributed by atoms with Gasteiger partial charge in [-0.15, -0.1) is 0 Å². The van der Waals surface area contributed by atoms with E-state index in [4.69, 9.17) is 11.6 Å². The highest BCUT2D eigenvalue weighted by molar-refractivity contribution is 7.89. The molecule has 6 nitrogen and oxygen atoms in total. The van der Waals surface area contributed by atoms with Crippen molar-refractivity contribution in [1.82, 2.24) is 14.7 Å². The van der Waals surface area contributed by atoms with E-state index < -0.39 is 10.0 Å². The molecule has 0 spiro atoms. The number of rotatable bonds is 5. The predicted molar refractivity (Wildman–Crippen MR) is 110 cm³/mol. The van der Waals surface area contributed by atoms with E-state index in [1.807, 2.05) is 5.01 Å². The second-order valence-electron chi connectivity index (χ2n) is 7.87. The summed E-state index contributed by atoms with van der Waals surface area (Å²) < 4.78 is 27.7. The van der Waals surface area contributed by atoms with Crippen molar-refractivity contribution in [2.75, 3.05) is 26.2 Å². The van der Waals surface area contributed by atoms with Gasteiger partial charge in [0, 0.05) is 37.6 Å². The molecule has 0 aliphatic carbocycles. The van der Waals surface area contributed by atoms with Crippen LogP contribution in [0.4, 0.5) is 0 Å². The number of sulfonamides is 1. The summed E-state index contributed by atoms with van der Waals surface area (Å²) in [4.78, 5) is 12.7. The Morgan fingerprint density at radius 3 is 2.57 bits per heavy atom. The second kappa shape index (κ2) is 9.57. The van der Waals surface area contributed by atoms with Crippen LogP contribution in [-0.2, 0) is 14.8 Å². The number of halogens is 1. The van der Waals surface area contributed by atoms with Crippen molar-refractivity contribution in [3.63, 3.8) is 0 Å². The van der Waals surface area contributed by atoms with Gasteiger partial charge in [0.15, 0.2) is 0 Å². The van der Waals surface area contributed by atoms with Crippen molar-refractivity contribution in [3.8, 4) is 0 Å². The molecule has 2 heterocycles. The molecular weight excluding hydrogens is 398 g/mol. The summed E-state index contributed by atoms with van der Waals surface area (Å²) in [7, 11) is -3.61. The Morgan fingerprint density at radius 1 is 1.14 bits per heavy atom. The molecule has 1 unspecified atom stereocenters. The van der Waals surface area contributed by atoms with Crippen LogP contribution in [0.1, 0.15) is 50.5 Å². The lowest BCUT2D eigenvalue weighted by atomic mass is 9.96. The Balaban J connectivity index is 1.61. The van der Waals surface area contributed by atoms with Gasteiger partial charge in [0.1, 0.15) is 0 Å². The van der Waals surface area contributed by atoms with Gasteiger partial charge in [0.05, 0.1) is 4.90 Å². The van der Waals surface area contributed by atoms with Gasteiger partial charge in [-0.3, -0.25) is 10.2 Å². The van der Waals surface area contributed by atoms with Crippen LogP contribution in [0.15, 0.2) is 23.1 Å². The van der Waals surface area contributed by atoms with Crippen molar-refractivity contribution in [3.05, 3.63) is 28.8 Å². The maximum absolute atomic E-state index is 13.1. The van der Waals surface area contributed by atoms with Crippen molar-refractivity contribution in [1.29, 1.82) is 0 Å². The Morgan fingerprint density at radius 2 is 1.86 bits per heavy atom. The van der Waals surface area contributed by atoms with Crippen LogP contribution < -0.4 is 5.43 Å². The SMILES string of the molecule is Cc1c(Cl)cccc1S(=O)(=O)N1CCCC(CC(=O)NN2CCCCCC2)C1. The zero-order valence-electron chi connectivity index (χ0n) is 16.5. The lowest BCUT2D eigenvalue weighted by Gasteiger charge is -2.32. The Labute approximate surface area is 173 Å². The average molecular weight is 428 g/mol. The standard InChI is InChI=1S/C20H30ClN3O3S/c1-16-18(21)9-6-10-19(16)28(26,27)24-13-7-8-17(15-24)14-20(25)22-23-11-4-2-3-5-12-23/h6,9-10,17H,2-5,7-8,11-15H2,1H3,(H,22,25). The molecule has 1 aromatic rings. The van der Waals surface area contributed by atoms with Gasteiger partial charge in [0.2, 0.25) is 15.9 Å². The number of piperidine rings is 1. The number of nitrogens with zero attached hydrogens (tertiary/aromatic N) is 2. The van der Waals surface area contributed by atoms with Crippen LogP contribution in [0, 0.1) is 12.8 Å². The highest BCUT2D eigenvalue weighted by Gasteiger charge is 2.32. The molecular formula is C20H30ClN3O3S. The van der Waals surface area contributed by atoms with Gasteiger partial charge in [-0.05, 0) is 56.2 Å². The number of hydrazine groups is 1. The Kier molecular flexibility index (Phi) is 7.36. The van der Waals surface area contributed by atoms with Crippen LogP contribution in [0.3, 0.4) is 0 Å². The van der Waals surface area contributed by atoms with Crippen molar-refractivity contribution in [2.45, 2.75) is 56.8 Å². The molecule has 0 bridgehead atoms. The molecule has 0 aromatic heterocycles. The molecule has 0 radical (unpaired) electrons. The van der Waals surface area contributed by atoms with E-state index in [9.17, 15) is 13.2 Å². The highest BCUT2D eigenvalue weighted by atomic mass is 35.5. The van der Waals surface area contributed by atoms with Gasteiger partial charge >= 0.3 is 0 Å². The molecule has 1 atom stereocenters. The molecule has 2 saturated heterocycles. The lowest BCUT2D eigenvalue weighted by molar-refractivity contribution is -0.127. The molecule has 2 fully saturated rings. The van der Waals surface area contributed by atoms with Crippen LogP contribution in [0.5, 0.6) is 0 Å². The number of hydrogen-bond donors (Lipinski definition) is 1. The van der Waals surface area contributed by atoms with E-state index in [1.165, 1.54) is 17.1 Å². The van der Waals surface area contributed by atoms with Crippen LogP contribution >= 0.6 is 11.6 Å². The monoisotopic (exact) mass is 427 g/mol. The van der Waals surface area contributed by atoms with E-state index in [1.54, 1.807) is 25.1 Å². The Hall–Kier alpha value is -1.15. The molecule has 8 heteroatoms. The smallest absolute Gasteiger partial charge is 0.243 e. The van der Waals surface area contributed by atoms with Crippen LogP contribution in [-0.4, -0.2) is 49.8 Å². The summed E-state index contributed by atoms with van der Waals surface area (Å²) in [5.74, 6) is 0.0278. The summed E-state index contributed by atoms with van der Waals surface area (Å²) in [6, 6.07) is 4.96. The molecule has 3 rings (SSSR count). The predicted octanol–water partition coefficient (Wildman–Crippen LogP) is 3.35. The number of carbonyl (C=O) groups excluding carboxylic acids is 1. The van der Waals surface area contributed by atoms with Gasteiger partial charge < -0.3 is 0 Å². The summed E-state index contributed by atoms with van der Waals surface area (Å²) in [5.41, 5.74) is 3.59. The first-order valence-corrected chi connectivity index (χ1v) is 12.0. The van der Waals surface area contributed by atoms with Crippen molar-refractivity contribution in [2.24, 2.45) is 5.92 Å². The summed E-state index contributed by atoms with van der Waals surface area (Å²) >= 11 is 6.12. The normalized spacial score (nSPS) is 22.6. The fourth-order valence-corrected chi connectivity index (χ4v) is 6.12. The van der Waals surface area contributed by atoms with Gasteiger partial charge in [-0.1, -0.05) is 30.5 Å². The third kappa shape index (κ3) is 5.26. The van der Waals surface area contributed by atoms with E-state index >= 15 is 0 Å². The third-order valence-electron chi connectivity index (χ3n) is 5.68. The first-order valence-electron chi connectivity index (χ1n) is 10.2. The third-order valence-corrected chi connectivity index (χ3v) is 8.10. The molecule has 28 heavy (non-hydrogen) atoms. The molecule has 1 N–H and O–H groups in total. The average Bonchev–Trinajstić information content (AvgIpc) is 2.92. The quantitative estimate of drug-likeness (QED) is 0.782. The van der Waals surface area contributed by atoms with Gasteiger partial charge in [-0.25, -0.2) is 13.4 Å². The minimum absolute atomic E-state index is 0.00918.